The fourth-order valence-electron chi connectivity index (χ4n) is 2.15. The lowest BCUT2D eigenvalue weighted by Gasteiger charge is -2.17. The second kappa shape index (κ2) is 5.61. The molecule has 0 atom stereocenters. The first-order valence-electron chi connectivity index (χ1n) is 6.56. The number of carbonyl (C=O) groups excluding carboxylic acids is 2. The Morgan fingerprint density at radius 2 is 2.10 bits per heavy atom. The predicted octanol–water partition coefficient (Wildman–Crippen LogP) is 3.29. The summed E-state index contributed by atoms with van der Waals surface area (Å²) in [7, 11) is 0. The summed E-state index contributed by atoms with van der Waals surface area (Å²) in [4.78, 5) is 24.7. The van der Waals surface area contributed by atoms with E-state index in [0.29, 0.717) is 17.0 Å². The van der Waals surface area contributed by atoms with E-state index in [1.54, 1.807) is 12.1 Å². The minimum Gasteiger partial charge on any atom is -0.324 e. The molecular weight excluding hydrogens is 284 g/mol. The third kappa shape index (κ3) is 3.08. The summed E-state index contributed by atoms with van der Waals surface area (Å²) in [5.41, 5.74) is 3.07. The van der Waals surface area contributed by atoms with Crippen molar-refractivity contribution in [2.75, 3.05) is 16.4 Å². The van der Waals surface area contributed by atoms with Gasteiger partial charge in [0.25, 0.3) is 5.91 Å². The topological polar surface area (TPSA) is 58.2 Å². The van der Waals surface area contributed by atoms with Gasteiger partial charge in [-0.3, -0.25) is 9.59 Å². The number of aryl methyl sites for hydroxylation is 1. The van der Waals surface area contributed by atoms with E-state index in [9.17, 15) is 9.59 Å². The molecule has 0 saturated carbocycles. The number of anilines is 2. The molecule has 2 aromatic carbocycles. The van der Waals surface area contributed by atoms with E-state index in [1.807, 2.05) is 37.3 Å². The summed E-state index contributed by atoms with van der Waals surface area (Å²) >= 11 is 1.48. The van der Waals surface area contributed by atoms with Gasteiger partial charge in [-0.15, -0.1) is 11.8 Å². The van der Waals surface area contributed by atoms with Gasteiger partial charge in [-0.1, -0.05) is 12.1 Å². The van der Waals surface area contributed by atoms with Crippen LogP contribution in [0.25, 0.3) is 0 Å². The van der Waals surface area contributed by atoms with Crippen LogP contribution < -0.4 is 10.6 Å². The van der Waals surface area contributed by atoms with E-state index >= 15 is 0 Å². The predicted molar refractivity (Wildman–Crippen MR) is 84.9 cm³/mol. The summed E-state index contributed by atoms with van der Waals surface area (Å²) < 4.78 is 0. The molecule has 2 aromatic rings. The largest absolute Gasteiger partial charge is 0.324 e. The quantitative estimate of drug-likeness (QED) is 0.894. The smallest absolute Gasteiger partial charge is 0.255 e. The van der Waals surface area contributed by atoms with E-state index in [2.05, 4.69) is 10.6 Å². The lowest BCUT2D eigenvalue weighted by molar-refractivity contribution is -0.113. The molecule has 1 heterocycles. The Balaban J connectivity index is 1.82. The fourth-order valence-corrected chi connectivity index (χ4v) is 2.94. The minimum atomic E-state index is -0.187. The highest BCUT2D eigenvalue weighted by atomic mass is 32.2. The number of rotatable bonds is 2. The number of benzene rings is 2. The third-order valence-electron chi connectivity index (χ3n) is 3.15. The summed E-state index contributed by atoms with van der Waals surface area (Å²) in [5.74, 6) is 0.193. The zero-order valence-corrected chi connectivity index (χ0v) is 12.3. The molecule has 0 saturated heterocycles. The van der Waals surface area contributed by atoms with Gasteiger partial charge < -0.3 is 10.6 Å². The zero-order valence-electron chi connectivity index (χ0n) is 11.5. The van der Waals surface area contributed by atoms with Crippen molar-refractivity contribution in [2.24, 2.45) is 0 Å². The maximum Gasteiger partial charge on any atom is 0.255 e. The highest BCUT2D eigenvalue weighted by molar-refractivity contribution is 8.00. The number of thioether (sulfide) groups is 1. The van der Waals surface area contributed by atoms with Crippen LogP contribution >= 0.6 is 11.8 Å². The first kappa shape index (κ1) is 13.7. The lowest BCUT2D eigenvalue weighted by Crippen LogP contribution is -2.19. The van der Waals surface area contributed by atoms with E-state index < -0.39 is 0 Å². The Labute approximate surface area is 126 Å². The van der Waals surface area contributed by atoms with Crippen molar-refractivity contribution in [2.45, 2.75) is 11.8 Å². The van der Waals surface area contributed by atoms with Crippen molar-refractivity contribution in [1.82, 2.24) is 0 Å². The summed E-state index contributed by atoms with van der Waals surface area (Å²) in [5, 5.41) is 5.65. The second-order valence-electron chi connectivity index (χ2n) is 4.87. The van der Waals surface area contributed by atoms with Gasteiger partial charge in [0.1, 0.15) is 0 Å². The van der Waals surface area contributed by atoms with Crippen LogP contribution in [0.5, 0.6) is 0 Å². The van der Waals surface area contributed by atoms with Crippen molar-refractivity contribution in [3.05, 3.63) is 53.6 Å². The maximum absolute atomic E-state index is 12.3. The van der Waals surface area contributed by atoms with E-state index in [4.69, 9.17) is 0 Å². The van der Waals surface area contributed by atoms with Gasteiger partial charge in [0.2, 0.25) is 5.91 Å². The molecule has 0 bridgehead atoms. The molecule has 21 heavy (non-hydrogen) atoms. The molecule has 1 aliphatic rings. The van der Waals surface area contributed by atoms with Gasteiger partial charge in [-0.05, 0) is 42.8 Å². The van der Waals surface area contributed by atoms with E-state index in [-0.39, 0.29) is 11.8 Å². The third-order valence-corrected chi connectivity index (χ3v) is 4.22. The molecule has 4 nitrogen and oxygen atoms in total. The second-order valence-corrected chi connectivity index (χ2v) is 5.89. The minimum absolute atomic E-state index is 0.0382. The highest BCUT2D eigenvalue weighted by Gasteiger charge is 2.17. The molecule has 2 N–H and O–H groups in total. The SMILES string of the molecule is Cc1cccc(NC(=O)c2ccc3c(c2)NC(=O)CS3)c1. The standard InChI is InChI=1S/C16H14N2O2S/c1-10-3-2-4-12(7-10)17-16(20)11-5-6-14-13(8-11)18-15(19)9-21-14/h2-8H,9H2,1H3,(H,17,20)(H,18,19). The molecule has 3 rings (SSSR count). The highest BCUT2D eigenvalue weighted by Crippen LogP contribution is 2.32. The van der Waals surface area contributed by atoms with Crippen molar-refractivity contribution in [3.63, 3.8) is 0 Å². The van der Waals surface area contributed by atoms with Crippen LogP contribution in [0.2, 0.25) is 0 Å². The summed E-state index contributed by atoms with van der Waals surface area (Å²) in [6.45, 7) is 1.97. The van der Waals surface area contributed by atoms with Crippen LogP contribution in [0.1, 0.15) is 15.9 Å². The average Bonchev–Trinajstić information content (AvgIpc) is 2.46. The Hall–Kier alpha value is -2.27. The Bertz CT molecular complexity index is 728. The molecule has 0 radical (unpaired) electrons. The van der Waals surface area contributed by atoms with Crippen LogP contribution in [-0.4, -0.2) is 17.6 Å². The first-order valence-corrected chi connectivity index (χ1v) is 7.55. The zero-order chi connectivity index (χ0) is 14.8. The van der Waals surface area contributed by atoms with Gasteiger partial charge in [0.15, 0.2) is 0 Å². The molecule has 1 aliphatic heterocycles. The number of amides is 2. The maximum atomic E-state index is 12.3. The van der Waals surface area contributed by atoms with Crippen LogP contribution in [0.3, 0.4) is 0 Å². The van der Waals surface area contributed by atoms with E-state index in [1.165, 1.54) is 11.8 Å². The van der Waals surface area contributed by atoms with Crippen LogP contribution in [0.15, 0.2) is 47.4 Å². The van der Waals surface area contributed by atoms with Crippen LogP contribution in [0.4, 0.5) is 11.4 Å². The van der Waals surface area contributed by atoms with Crippen LogP contribution in [0, 0.1) is 6.92 Å². The molecule has 0 spiro atoms. The van der Waals surface area contributed by atoms with Crippen molar-refractivity contribution in [1.29, 1.82) is 0 Å². The number of carbonyl (C=O) groups is 2. The molecule has 0 aliphatic carbocycles. The molecule has 5 heteroatoms. The molecule has 106 valence electrons. The van der Waals surface area contributed by atoms with E-state index in [0.717, 1.165) is 16.1 Å². The van der Waals surface area contributed by atoms with Gasteiger partial charge in [-0.2, -0.15) is 0 Å². The Morgan fingerprint density at radius 3 is 2.90 bits per heavy atom. The van der Waals surface area contributed by atoms with Gasteiger partial charge >= 0.3 is 0 Å². The Kier molecular flexibility index (Phi) is 3.66. The molecule has 0 unspecified atom stereocenters. The monoisotopic (exact) mass is 298 g/mol. The average molecular weight is 298 g/mol. The fraction of sp³-hybridized carbons (Fsp3) is 0.125. The van der Waals surface area contributed by atoms with Crippen LogP contribution in [-0.2, 0) is 4.79 Å². The van der Waals surface area contributed by atoms with Crippen molar-refractivity contribution < 1.29 is 9.59 Å². The Morgan fingerprint density at radius 1 is 1.24 bits per heavy atom. The van der Waals surface area contributed by atoms with Gasteiger partial charge in [-0.25, -0.2) is 0 Å². The number of fused-ring (bicyclic) bond motifs is 1. The van der Waals surface area contributed by atoms with Gasteiger partial charge in [0.05, 0.1) is 11.4 Å². The normalized spacial score (nSPS) is 13.3. The molecule has 2 amide bonds. The number of hydrogen-bond acceptors (Lipinski definition) is 3. The summed E-state index contributed by atoms with van der Waals surface area (Å²) in [6.07, 6.45) is 0. The number of hydrogen-bond donors (Lipinski definition) is 2. The van der Waals surface area contributed by atoms with Crippen molar-refractivity contribution in [3.8, 4) is 0 Å². The van der Waals surface area contributed by atoms with Gasteiger partial charge in [0, 0.05) is 16.1 Å². The van der Waals surface area contributed by atoms with Crippen molar-refractivity contribution >= 4 is 35.0 Å². The molecule has 0 fully saturated rings. The first-order chi connectivity index (χ1) is 10.1. The number of nitrogens with one attached hydrogen (secondary N) is 2. The molecular formula is C16H14N2O2S. The lowest BCUT2D eigenvalue weighted by atomic mass is 10.1. The molecule has 0 aromatic heterocycles. The summed E-state index contributed by atoms with van der Waals surface area (Å²) in [6, 6.07) is 13.0.